The van der Waals surface area contributed by atoms with E-state index >= 15 is 0 Å². The fourth-order valence-corrected chi connectivity index (χ4v) is 4.12. The molecule has 1 aliphatic heterocycles. The highest BCUT2D eigenvalue weighted by atomic mass is 19.3. The Bertz CT molecular complexity index is 1350. The minimum Gasteiger partial charge on any atom is -0.378 e. The molecular formula is C25H25F2N5O2. The van der Waals surface area contributed by atoms with Gasteiger partial charge in [0, 0.05) is 56.1 Å². The molecule has 4 aromatic rings. The van der Waals surface area contributed by atoms with Crippen LogP contribution in [0.4, 0.5) is 20.2 Å². The fourth-order valence-electron chi connectivity index (χ4n) is 4.12. The molecular weight excluding hydrogens is 440 g/mol. The van der Waals surface area contributed by atoms with Crippen molar-refractivity contribution in [1.29, 1.82) is 0 Å². The Morgan fingerprint density at radius 3 is 2.74 bits per heavy atom. The van der Waals surface area contributed by atoms with Gasteiger partial charge >= 0.3 is 0 Å². The second kappa shape index (κ2) is 9.18. The molecule has 7 nitrogen and oxygen atoms in total. The first-order valence-corrected chi connectivity index (χ1v) is 11.0. The number of carbonyl (C=O) groups excluding carboxylic acids is 1. The quantitative estimate of drug-likeness (QED) is 0.450. The third kappa shape index (κ3) is 4.34. The van der Waals surface area contributed by atoms with Crippen molar-refractivity contribution in [2.45, 2.75) is 13.3 Å². The minimum absolute atomic E-state index is 0. The first-order valence-electron chi connectivity index (χ1n) is 11.0. The van der Waals surface area contributed by atoms with Crippen molar-refractivity contribution in [2.75, 3.05) is 36.5 Å². The SMILES string of the molecule is Cc1ccc(NC(=O)c2ccnc(C(F)F)c2)cc1-c1cc(N2CCOCC2)c2nccn2c1.[HH]. The number of ether oxygens (including phenoxy) is 1. The smallest absolute Gasteiger partial charge is 0.280 e. The van der Waals surface area contributed by atoms with E-state index in [0.717, 1.165) is 47.2 Å². The number of benzene rings is 1. The van der Waals surface area contributed by atoms with E-state index in [9.17, 15) is 13.6 Å². The molecule has 5 rings (SSSR count). The monoisotopic (exact) mass is 465 g/mol. The van der Waals surface area contributed by atoms with Crippen molar-refractivity contribution in [1.82, 2.24) is 14.4 Å². The molecule has 1 amide bonds. The van der Waals surface area contributed by atoms with E-state index in [4.69, 9.17) is 4.74 Å². The number of imidazole rings is 1. The Morgan fingerprint density at radius 1 is 1.12 bits per heavy atom. The zero-order valence-corrected chi connectivity index (χ0v) is 18.5. The third-order valence-electron chi connectivity index (χ3n) is 5.89. The van der Waals surface area contributed by atoms with Crippen molar-refractivity contribution in [2.24, 2.45) is 0 Å². The molecule has 0 unspecified atom stereocenters. The zero-order chi connectivity index (χ0) is 23.7. The summed E-state index contributed by atoms with van der Waals surface area (Å²) in [4.78, 5) is 23.1. The number of aromatic nitrogens is 3. The molecule has 0 saturated carbocycles. The second-order valence-corrected chi connectivity index (χ2v) is 8.13. The molecule has 0 bridgehead atoms. The van der Waals surface area contributed by atoms with Gasteiger partial charge in [-0.3, -0.25) is 9.78 Å². The van der Waals surface area contributed by atoms with Gasteiger partial charge in [-0.05, 0) is 48.4 Å². The van der Waals surface area contributed by atoms with Gasteiger partial charge in [0.1, 0.15) is 5.69 Å². The van der Waals surface area contributed by atoms with Crippen LogP contribution in [0.1, 0.15) is 29.5 Å². The summed E-state index contributed by atoms with van der Waals surface area (Å²) in [5.74, 6) is -0.474. The van der Waals surface area contributed by atoms with E-state index in [-0.39, 0.29) is 6.99 Å². The van der Waals surface area contributed by atoms with Gasteiger partial charge in [0.25, 0.3) is 12.3 Å². The highest BCUT2D eigenvalue weighted by Crippen LogP contribution is 2.32. The van der Waals surface area contributed by atoms with Crippen molar-refractivity contribution < 1.29 is 19.7 Å². The predicted octanol–water partition coefficient (Wildman–Crippen LogP) is 4.98. The van der Waals surface area contributed by atoms with Crippen LogP contribution in [0.15, 0.2) is 61.2 Å². The number of halogens is 2. The fraction of sp³-hybridized carbons (Fsp3) is 0.240. The number of hydrogen-bond donors (Lipinski definition) is 1. The molecule has 1 aliphatic rings. The number of carbonyl (C=O) groups is 1. The Balaban J connectivity index is 0.00000289. The van der Waals surface area contributed by atoms with Gasteiger partial charge in [-0.1, -0.05) is 6.07 Å². The summed E-state index contributed by atoms with van der Waals surface area (Å²) in [5.41, 5.74) is 5.13. The average Bonchev–Trinajstić information content (AvgIpc) is 3.34. The van der Waals surface area contributed by atoms with Crippen LogP contribution in [0.5, 0.6) is 0 Å². The molecule has 9 heteroatoms. The number of pyridine rings is 2. The van der Waals surface area contributed by atoms with Gasteiger partial charge in [0.05, 0.1) is 18.9 Å². The van der Waals surface area contributed by atoms with Gasteiger partial charge in [-0.2, -0.15) is 0 Å². The number of amides is 1. The van der Waals surface area contributed by atoms with Crippen molar-refractivity contribution in [3.05, 3.63) is 78.0 Å². The number of morpholine rings is 1. The molecule has 0 atom stereocenters. The molecule has 34 heavy (non-hydrogen) atoms. The first-order chi connectivity index (χ1) is 16.5. The van der Waals surface area contributed by atoms with Gasteiger partial charge < -0.3 is 19.4 Å². The van der Waals surface area contributed by atoms with E-state index < -0.39 is 18.0 Å². The van der Waals surface area contributed by atoms with Gasteiger partial charge in [-0.15, -0.1) is 0 Å². The number of nitrogens with zero attached hydrogens (tertiary/aromatic N) is 4. The lowest BCUT2D eigenvalue weighted by atomic mass is 10.0. The lowest BCUT2D eigenvalue weighted by molar-refractivity contribution is 0.102. The second-order valence-electron chi connectivity index (χ2n) is 8.13. The molecule has 176 valence electrons. The molecule has 0 aliphatic carbocycles. The number of fused-ring (bicyclic) bond motifs is 1. The number of rotatable bonds is 5. The van der Waals surface area contributed by atoms with E-state index in [2.05, 4.69) is 26.3 Å². The Kier molecular flexibility index (Phi) is 5.93. The summed E-state index contributed by atoms with van der Waals surface area (Å²) >= 11 is 0. The van der Waals surface area contributed by atoms with Gasteiger partial charge in [0.2, 0.25) is 0 Å². The summed E-state index contributed by atoms with van der Waals surface area (Å²) in [6, 6.07) is 10.2. The summed E-state index contributed by atoms with van der Waals surface area (Å²) in [6.45, 7) is 4.91. The van der Waals surface area contributed by atoms with E-state index in [1.54, 1.807) is 12.3 Å². The van der Waals surface area contributed by atoms with E-state index in [0.29, 0.717) is 18.9 Å². The van der Waals surface area contributed by atoms with Gasteiger partial charge in [0.15, 0.2) is 5.65 Å². The van der Waals surface area contributed by atoms with Crippen LogP contribution >= 0.6 is 0 Å². The number of alkyl halides is 2. The molecule has 0 radical (unpaired) electrons. The molecule has 4 heterocycles. The van der Waals surface area contributed by atoms with Crippen molar-refractivity contribution in [3.63, 3.8) is 0 Å². The maximum Gasteiger partial charge on any atom is 0.280 e. The zero-order valence-electron chi connectivity index (χ0n) is 18.5. The number of anilines is 2. The minimum atomic E-state index is -2.74. The Morgan fingerprint density at radius 2 is 1.94 bits per heavy atom. The molecule has 1 aromatic carbocycles. The molecule has 1 fully saturated rings. The van der Waals surface area contributed by atoms with E-state index in [1.165, 1.54) is 12.3 Å². The van der Waals surface area contributed by atoms with Crippen LogP contribution in [0.2, 0.25) is 0 Å². The topological polar surface area (TPSA) is 71.8 Å². The average molecular weight is 466 g/mol. The number of aryl methyl sites for hydroxylation is 1. The van der Waals surface area contributed by atoms with Crippen LogP contribution in [-0.2, 0) is 4.74 Å². The number of hydrogen-bond acceptors (Lipinski definition) is 5. The van der Waals surface area contributed by atoms with Crippen LogP contribution in [0.3, 0.4) is 0 Å². The van der Waals surface area contributed by atoms with Crippen molar-refractivity contribution in [3.8, 4) is 11.1 Å². The largest absolute Gasteiger partial charge is 0.378 e. The normalized spacial score (nSPS) is 14.1. The predicted molar refractivity (Wildman–Crippen MR) is 128 cm³/mol. The van der Waals surface area contributed by atoms with Crippen LogP contribution in [0.25, 0.3) is 16.8 Å². The molecule has 1 N–H and O–H groups in total. The third-order valence-corrected chi connectivity index (χ3v) is 5.89. The Hall–Kier alpha value is -3.85. The summed E-state index contributed by atoms with van der Waals surface area (Å²) < 4.78 is 33.4. The molecule has 1 saturated heterocycles. The Labute approximate surface area is 196 Å². The van der Waals surface area contributed by atoms with Crippen LogP contribution in [-0.4, -0.2) is 46.6 Å². The lowest BCUT2D eigenvalue weighted by Crippen LogP contribution is -2.36. The van der Waals surface area contributed by atoms with Gasteiger partial charge in [-0.25, -0.2) is 13.8 Å². The van der Waals surface area contributed by atoms with Crippen molar-refractivity contribution >= 4 is 22.9 Å². The molecule has 0 spiro atoms. The summed E-state index contributed by atoms with van der Waals surface area (Å²) in [5, 5.41) is 2.81. The highest BCUT2D eigenvalue weighted by Gasteiger charge is 2.18. The standard InChI is InChI=1S/C25H23F2N5O2.H2/c1-16-2-3-19(30-25(33)17-4-5-28-21(12-17)23(26)27)14-20(16)18-13-22(31-8-10-34-11-9-31)24-29-6-7-32(24)15-18;/h2-7,12-15,23H,8-11H2,1H3,(H,30,33);1H. The van der Waals surface area contributed by atoms with Crippen LogP contribution < -0.4 is 10.2 Å². The first kappa shape index (κ1) is 22.0. The summed E-state index contributed by atoms with van der Waals surface area (Å²) in [6.07, 6.45) is 4.17. The number of nitrogens with one attached hydrogen (secondary N) is 1. The summed E-state index contributed by atoms with van der Waals surface area (Å²) in [7, 11) is 0. The van der Waals surface area contributed by atoms with Crippen LogP contribution in [0, 0.1) is 6.92 Å². The maximum absolute atomic E-state index is 13.0. The van der Waals surface area contributed by atoms with E-state index in [1.807, 2.05) is 35.9 Å². The molecule has 3 aromatic heterocycles. The highest BCUT2D eigenvalue weighted by molar-refractivity contribution is 6.04. The lowest BCUT2D eigenvalue weighted by Gasteiger charge is -2.29. The maximum atomic E-state index is 13.0.